The van der Waals surface area contributed by atoms with Gasteiger partial charge in [0, 0.05) is 24.7 Å². The molecule has 1 aliphatic carbocycles. The second kappa shape index (κ2) is 10.4. The average molecular weight is 540 g/mol. The van der Waals surface area contributed by atoms with E-state index in [0.29, 0.717) is 36.4 Å². The number of hydrogen-bond acceptors (Lipinski definition) is 8. The zero-order valence-corrected chi connectivity index (χ0v) is 23.6. The number of ether oxygens (including phenoxy) is 3. The summed E-state index contributed by atoms with van der Waals surface area (Å²) in [5, 5.41) is 2.20. The molecule has 4 heterocycles. The molecule has 3 aliphatic rings. The van der Waals surface area contributed by atoms with Crippen LogP contribution in [0.25, 0.3) is 32.9 Å². The third-order valence-corrected chi connectivity index (χ3v) is 9.13. The van der Waals surface area contributed by atoms with Gasteiger partial charge in [-0.05, 0) is 92.1 Å². The molecule has 3 atom stereocenters. The van der Waals surface area contributed by atoms with Crippen LogP contribution < -0.4 is 19.1 Å². The lowest BCUT2D eigenvalue weighted by atomic mass is 9.97. The van der Waals surface area contributed by atoms with E-state index in [9.17, 15) is 0 Å². The van der Waals surface area contributed by atoms with Crippen LogP contribution >= 0.6 is 0 Å². The van der Waals surface area contributed by atoms with Gasteiger partial charge in [-0.25, -0.2) is 4.98 Å². The number of likely N-dealkylation sites (tertiary alicyclic amines) is 1. The fourth-order valence-corrected chi connectivity index (χ4v) is 7.01. The first kappa shape index (κ1) is 25.3. The summed E-state index contributed by atoms with van der Waals surface area (Å²) in [5.74, 6) is 3.62. The number of fused-ring (bicyclic) bond motifs is 4. The molecule has 0 N–H and O–H groups in total. The lowest BCUT2D eigenvalue weighted by Gasteiger charge is -2.33. The number of nitrogens with zero attached hydrogens (tertiary/aromatic N) is 5. The number of piperidine rings is 1. The Morgan fingerprint density at radius 2 is 1.73 bits per heavy atom. The molecule has 8 nitrogen and oxygen atoms in total. The number of aromatic nitrogens is 3. The summed E-state index contributed by atoms with van der Waals surface area (Å²) in [7, 11) is 5.54. The minimum Gasteiger partial charge on any atom is -0.497 e. The van der Waals surface area contributed by atoms with Gasteiger partial charge in [-0.3, -0.25) is 0 Å². The molecule has 2 aromatic carbocycles. The maximum absolute atomic E-state index is 6.31. The largest absolute Gasteiger partial charge is 0.497 e. The molecule has 0 spiro atoms. The van der Waals surface area contributed by atoms with Crippen LogP contribution in [-0.4, -0.2) is 73.4 Å². The van der Waals surface area contributed by atoms with Crippen LogP contribution in [0.1, 0.15) is 32.1 Å². The SMILES string of the molecule is COc1cc(-c2cc3nc(OC[C@@H]4CCCN4C)nc(N4CC5CCC(C5)C4)c3nc2OC)c2ccccc2c1. The van der Waals surface area contributed by atoms with Crippen molar-refractivity contribution >= 4 is 27.6 Å². The van der Waals surface area contributed by atoms with Gasteiger partial charge in [-0.15, -0.1) is 0 Å². The maximum atomic E-state index is 6.31. The highest BCUT2D eigenvalue weighted by Gasteiger charge is 2.35. The van der Waals surface area contributed by atoms with Crippen LogP contribution in [0.4, 0.5) is 5.82 Å². The highest BCUT2D eigenvalue weighted by Crippen LogP contribution is 2.42. The monoisotopic (exact) mass is 539 g/mol. The van der Waals surface area contributed by atoms with Crippen molar-refractivity contribution in [1.29, 1.82) is 0 Å². The van der Waals surface area contributed by atoms with Crippen molar-refractivity contribution in [2.75, 3.05) is 52.4 Å². The summed E-state index contributed by atoms with van der Waals surface area (Å²) in [6, 6.07) is 15.3. The molecular weight excluding hydrogens is 502 g/mol. The predicted molar refractivity (Wildman–Crippen MR) is 158 cm³/mol. The third-order valence-electron chi connectivity index (χ3n) is 9.13. The molecule has 7 rings (SSSR count). The summed E-state index contributed by atoms with van der Waals surface area (Å²) in [6.45, 7) is 3.69. The van der Waals surface area contributed by atoms with Gasteiger partial charge >= 0.3 is 6.01 Å². The first-order valence-corrected chi connectivity index (χ1v) is 14.5. The summed E-state index contributed by atoms with van der Waals surface area (Å²) < 4.78 is 17.9. The number of pyridine rings is 1. The van der Waals surface area contributed by atoms with E-state index in [1.54, 1.807) is 14.2 Å². The average Bonchev–Trinajstić information content (AvgIpc) is 3.56. The maximum Gasteiger partial charge on any atom is 0.319 e. The summed E-state index contributed by atoms with van der Waals surface area (Å²) in [6.07, 6.45) is 6.25. The van der Waals surface area contributed by atoms with Crippen molar-refractivity contribution in [2.45, 2.75) is 38.1 Å². The first-order chi connectivity index (χ1) is 19.6. The molecule has 2 bridgehead atoms. The lowest BCUT2D eigenvalue weighted by Crippen LogP contribution is -2.37. The van der Waals surface area contributed by atoms with Gasteiger partial charge in [0.25, 0.3) is 0 Å². The number of methoxy groups -OCH3 is 2. The molecule has 208 valence electrons. The number of benzene rings is 2. The normalized spacial score (nSPS) is 22.8. The van der Waals surface area contributed by atoms with Crippen LogP contribution in [0.3, 0.4) is 0 Å². The van der Waals surface area contributed by atoms with Gasteiger partial charge in [0.2, 0.25) is 5.88 Å². The minimum atomic E-state index is 0.390. The fourth-order valence-electron chi connectivity index (χ4n) is 7.01. The molecule has 0 radical (unpaired) electrons. The minimum absolute atomic E-state index is 0.390. The molecule has 3 fully saturated rings. The van der Waals surface area contributed by atoms with E-state index >= 15 is 0 Å². The molecule has 4 aromatic rings. The Hall–Kier alpha value is -3.65. The van der Waals surface area contributed by atoms with Crippen LogP contribution in [0, 0.1) is 11.8 Å². The smallest absolute Gasteiger partial charge is 0.319 e. The van der Waals surface area contributed by atoms with E-state index in [0.717, 1.165) is 70.6 Å². The van der Waals surface area contributed by atoms with Crippen LogP contribution in [0.15, 0.2) is 42.5 Å². The van der Waals surface area contributed by atoms with Gasteiger partial charge in [0.1, 0.15) is 17.9 Å². The number of anilines is 1. The van der Waals surface area contributed by atoms with E-state index in [4.69, 9.17) is 29.2 Å². The van der Waals surface area contributed by atoms with Crippen molar-refractivity contribution in [3.8, 4) is 28.8 Å². The van der Waals surface area contributed by atoms with Crippen molar-refractivity contribution in [3.05, 3.63) is 42.5 Å². The Morgan fingerprint density at radius 3 is 2.48 bits per heavy atom. The van der Waals surface area contributed by atoms with Gasteiger partial charge in [-0.2, -0.15) is 9.97 Å². The molecule has 1 saturated carbocycles. The highest BCUT2D eigenvalue weighted by atomic mass is 16.5. The van der Waals surface area contributed by atoms with Gasteiger partial charge in [0.05, 0.1) is 19.7 Å². The zero-order chi connectivity index (χ0) is 27.2. The Labute approximate surface area is 235 Å². The van der Waals surface area contributed by atoms with Crippen molar-refractivity contribution in [3.63, 3.8) is 0 Å². The van der Waals surface area contributed by atoms with Crippen molar-refractivity contribution in [1.82, 2.24) is 19.9 Å². The Morgan fingerprint density at radius 1 is 0.900 bits per heavy atom. The molecule has 2 aliphatic heterocycles. The van der Waals surface area contributed by atoms with E-state index in [-0.39, 0.29) is 0 Å². The Balaban J connectivity index is 1.37. The number of rotatable bonds is 7. The van der Waals surface area contributed by atoms with Crippen LogP contribution in [-0.2, 0) is 0 Å². The third kappa shape index (κ3) is 4.58. The van der Waals surface area contributed by atoms with E-state index < -0.39 is 0 Å². The molecule has 8 heteroatoms. The lowest BCUT2D eigenvalue weighted by molar-refractivity contribution is 0.188. The molecule has 2 unspecified atom stereocenters. The van der Waals surface area contributed by atoms with Gasteiger partial charge < -0.3 is 24.0 Å². The molecule has 2 saturated heterocycles. The van der Waals surface area contributed by atoms with Crippen molar-refractivity contribution in [2.24, 2.45) is 11.8 Å². The summed E-state index contributed by atoms with van der Waals surface area (Å²) in [5.41, 5.74) is 3.39. The molecule has 2 aromatic heterocycles. The van der Waals surface area contributed by atoms with E-state index in [1.165, 1.54) is 25.7 Å². The molecule has 0 amide bonds. The summed E-state index contributed by atoms with van der Waals surface area (Å²) in [4.78, 5) is 19.8. The number of likely N-dealkylation sites (N-methyl/N-ethyl adjacent to an activating group) is 1. The molecule has 40 heavy (non-hydrogen) atoms. The first-order valence-electron chi connectivity index (χ1n) is 14.5. The van der Waals surface area contributed by atoms with E-state index in [1.807, 2.05) is 12.1 Å². The Bertz CT molecular complexity index is 1550. The van der Waals surface area contributed by atoms with Crippen LogP contribution in [0.5, 0.6) is 17.6 Å². The second-order valence-corrected chi connectivity index (χ2v) is 11.7. The van der Waals surface area contributed by atoms with Crippen LogP contribution in [0.2, 0.25) is 0 Å². The van der Waals surface area contributed by atoms with Gasteiger partial charge in [-0.1, -0.05) is 24.3 Å². The van der Waals surface area contributed by atoms with Crippen molar-refractivity contribution < 1.29 is 14.2 Å². The molecular formula is C32H37N5O3. The highest BCUT2D eigenvalue weighted by molar-refractivity contribution is 6.01. The van der Waals surface area contributed by atoms with Gasteiger partial charge in [0.15, 0.2) is 5.82 Å². The second-order valence-electron chi connectivity index (χ2n) is 11.7. The fraction of sp³-hybridized carbons (Fsp3) is 0.469. The van der Waals surface area contributed by atoms with E-state index in [2.05, 4.69) is 47.2 Å². The number of hydrogen-bond donors (Lipinski definition) is 0. The quantitative estimate of drug-likeness (QED) is 0.302. The topological polar surface area (TPSA) is 72.8 Å². The standard InChI is InChI=1S/C32H37N5O3/c1-36-12-6-8-23(36)19-40-32-33-28-16-27(26-15-24(38-2)14-22-7-4-5-9-25(22)26)31(39-3)34-29(28)30(35-32)37-17-20-10-11-21(13-20)18-37/h4-5,7,9,14-16,20-21,23H,6,8,10-13,17-19H2,1-3H3/t20?,21?,23-/m0/s1. The predicted octanol–water partition coefficient (Wildman–Crippen LogP) is 5.57. The zero-order valence-electron chi connectivity index (χ0n) is 23.6. The Kier molecular flexibility index (Phi) is 6.58. The summed E-state index contributed by atoms with van der Waals surface area (Å²) >= 11 is 0.